The number of nitrogens with one attached hydrogen (secondary N) is 1. The first kappa shape index (κ1) is 22.0. The number of aromatic nitrogens is 5. The molecule has 34 heavy (non-hydrogen) atoms. The van der Waals surface area contributed by atoms with Crippen LogP contribution in [-0.4, -0.2) is 48.9 Å². The van der Waals surface area contributed by atoms with Gasteiger partial charge in [-0.1, -0.05) is 47.2 Å². The van der Waals surface area contributed by atoms with Crippen LogP contribution in [0.2, 0.25) is 0 Å². The number of nitrogens with zero attached hydrogens (tertiary/aromatic N) is 5. The standard InChI is InChI=1S/C26H28N6O2/c1-16-10-11-17(2)20(13-16)15-32-24-22(29-30-32)25(33)28-23(27-24)19-8-6-12-31(14-19)26(34)21-9-5-4-7-18(21)3/h4-5,7,9-11,13,19H,6,8,12,14-15H2,1-3H3,(H,27,28,33). The van der Waals surface area contributed by atoms with Crippen LogP contribution in [0, 0.1) is 20.8 Å². The molecule has 0 aliphatic carbocycles. The van der Waals surface area contributed by atoms with Crippen LogP contribution in [0.1, 0.15) is 57.2 Å². The molecular weight excluding hydrogens is 428 g/mol. The van der Waals surface area contributed by atoms with Crippen molar-refractivity contribution in [3.8, 4) is 0 Å². The predicted octanol–water partition coefficient (Wildman–Crippen LogP) is 3.51. The summed E-state index contributed by atoms with van der Waals surface area (Å²) in [5.74, 6) is 0.556. The molecule has 1 amide bonds. The number of carbonyl (C=O) groups is 1. The third kappa shape index (κ3) is 4.11. The maximum Gasteiger partial charge on any atom is 0.281 e. The van der Waals surface area contributed by atoms with E-state index in [4.69, 9.17) is 4.98 Å². The number of aryl methyl sites for hydroxylation is 3. The third-order valence-electron chi connectivity index (χ3n) is 6.69. The smallest absolute Gasteiger partial charge is 0.281 e. The van der Waals surface area contributed by atoms with Gasteiger partial charge in [-0.05, 0) is 56.4 Å². The second-order valence-corrected chi connectivity index (χ2v) is 9.21. The number of benzene rings is 2. The number of carbonyl (C=O) groups excluding carboxylic acids is 1. The molecule has 3 heterocycles. The lowest BCUT2D eigenvalue weighted by atomic mass is 9.96. The van der Waals surface area contributed by atoms with Gasteiger partial charge in [0.25, 0.3) is 11.5 Å². The minimum Gasteiger partial charge on any atom is -0.338 e. The Bertz CT molecular complexity index is 1440. The molecule has 8 nitrogen and oxygen atoms in total. The minimum absolute atomic E-state index is 0.0212. The Morgan fingerprint density at radius 3 is 2.76 bits per heavy atom. The van der Waals surface area contributed by atoms with Gasteiger partial charge in [0.2, 0.25) is 0 Å². The Morgan fingerprint density at radius 2 is 1.94 bits per heavy atom. The largest absolute Gasteiger partial charge is 0.338 e. The summed E-state index contributed by atoms with van der Waals surface area (Å²) >= 11 is 0. The summed E-state index contributed by atoms with van der Waals surface area (Å²) in [6.07, 6.45) is 1.70. The first-order valence-corrected chi connectivity index (χ1v) is 11.6. The number of amides is 1. The maximum absolute atomic E-state index is 13.2. The van der Waals surface area contributed by atoms with Crippen molar-refractivity contribution in [1.29, 1.82) is 0 Å². The van der Waals surface area contributed by atoms with E-state index in [0.717, 1.165) is 40.7 Å². The van der Waals surface area contributed by atoms with E-state index in [2.05, 4.69) is 47.3 Å². The van der Waals surface area contributed by atoms with Gasteiger partial charge in [-0.15, -0.1) is 5.10 Å². The molecule has 1 aliphatic heterocycles. The van der Waals surface area contributed by atoms with Crippen molar-refractivity contribution < 1.29 is 4.79 Å². The van der Waals surface area contributed by atoms with Gasteiger partial charge < -0.3 is 9.88 Å². The van der Waals surface area contributed by atoms with E-state index in [9.17, 15) is 9.59 Å². The number of aromatic amines is 1. The van der Waals surface area contributed by atoms with Gasteiger partial charge in [-0.2, -0.15) is 0 Å². The summed E-state index contributed by atoms with van der Waals surface area (Å²) in [6, 6.07) is 13.9. The normalized spacial score (nSPS) is 16.2. The Labute approximate surface area is 197 Å². The molecule has 174 valence electrons. The quantitative estimate of drug-likeness (QED) is 0.507. The minimum atomic E-state index is -0.297. The molecule has 2 aromatic heterocycles. The number of piperidine rings is 1. The van der Waals surface area contributed by atoms with Crippen LogP contribution in [-0.2, 0) is 6.54 Å². The molecule has 1 unspecified atom stereocenters. The molecule has 5 rings (SSSR count). The van der Waals surface area contributed by atoms with Crippen molar-refractivity contribution in [3.05, 3.63) is 86.5 Å². The van der Waals surface area contributed by atoms with Gasteiger partial charge in [-0.25, -0.2) is 9.67 Å². The van der Waals surface area contributed by atoms with E-state index < -0.39 is 0 Å². The number of likely N-dealkylation sites (tertiary alicyclic amines) is 1. The number of fused-ring (bicyclic) bond motifs is 1. The Morgan fingerprint density at radius 1 is 1.12 bits per heavy atom. The van der Waals surface area contributed by atoms with Gasteiger partial charge in [0.1, 0.15) is 5.82 Å². The second kappa shape index (κ2) is 8.85. The van der Waals surface area contributed by atoms with Gasteiger partial charge >= 0.3 is 0 Å². The van der Waals surface area contributed by atoms with Gasteiger partial charge in [0.05, 0.1) is 6.54 Å². The lowest BCUT2D eigenvalue weighted by molar-refractivity contribution is 0.0704. The van der Waals surface area contributed by atoms with Crippen molar-refractivity contribution in [2.45, 2.75) is 46.1 Å². The molecule has 8 heteroatoms. The zero-order valence-electron chi connectivity index (χ0n) is 19.7. The summed E-state index contributed by atoms with van der Waals surface area (Å²) in [5.41, 5.74) is 5.52. The first-order chi connectivity index (χ1) is 16.4. The average Bonchev–Trinajstić information content (AvgIpc) is 3.24. The number of hydrogen-bond donors (Lipinski definition) is 1. The van der Waals surface area contributed by atoms with Gasteiger partial charge in [0.15, 0.2) is 11.2 Å². The predicted molar refractivity (Wildman–Crippen MR) is 130 cm³/mol. The summed E-state index contributed by atoms with van der Waals surface area (Å²) in [5, 5.41) is 8.31. The average molecular weight is 457 g/mol. The molecular formula is C26H28N6O2. The van der Waals surface area contributed by atoms with E-state index in [1.54, 1.807) is 4.68 Å². The number of rotatable bonds is 4. The fourth-order valence-electron chi connectivity index (χ4n) is 4.68. The van der Waals surface area contributed by atoms with Crippen LogP contribution in [0.15, 0.2) is 47.3 Å². The first-order valence-electron chi connectivity index (χ1n) is 11.6. The van der Waals surface area contributed by atoms with E-state index in [1.165, 1.54) is 0 Å². The maximum atomic E-state index is 13.2. The highest BCUT2D eigenvalue weighted by Gasteiger charge is 2.28. The highest BCUT2D eigenvalue weighted by Crippen LogP contribution is 2.26. The molecule has 0 bridgehead atoms. The zero-order valence-corrected chi connectivity index (χ0v) is 19.7. The van der Waals surface area contributed by atoms with E-state index in [1.807, 2.05) is 36.1 Å². The van der Waals surface area contributed by atoms with Crippen LogP contribution >= 0.6 is 0 Å². The van der Waals surface area contributed by atoms with Crippen LogP contribution in [0.25, 0.3) is 11.2 Å². The molecule has 0 spiro atoms. The van der Waals surface area contributed by atoms with Gasteiger partial charge in [0, 0.05) is 24.6 Å². The van der Waals surface area contributed by atoms with E-state index >= 15 is 0 Å². The van der Waals surface area contributed by atoms with E-state index in [0.29, 0.717) is 31.1 Å². The molecule has 1 aliphatic rings. The van der Waals surface area contributed by atoms with Crippen molar-refractivity contribution in [2.75, 3.05) is 13.1 Å². The SMILES string of the molecule is Cc1ccc(C)c(Cn2nnc3c(=O)[nH]c(C4CCCN(C(=O)c5ccccc5C)C4)nc32)c1. The molecule has 4 aromatic rings. The lowest BCUT2D eigenvalue weighted by Gasteiger charge is -2.32. The summed E-state index contributed by atoms with van der Waals surface area (Å²) in [4.78, 5) is 35.6. The van der Waals surface area contributed by atoms with Crippen LogP contribution in [0.3, 0.4) is 0 Å². The molecule has 1 atom stereocenters. The molecule has 0 radical (unpaired) electrons. The Hall–Kier alpha value is -3.81. The Kier molecular flexibility index (Phi) is 5.73. The molecule has 1 fully saturated rings. The fraction of sp³-hybridized carbons (Fsp3) is 0.346. The van der Waals surface area contributed by atoms with Crippen molar-refractivity contribution in [1.82, 2.24) is 29.9 Å². The highest BCUT2D eigenvalue weighted by atomic mass is 16.2. The summed E-state index contributed by atoms with van der Waals surface area (Å²) < 4.78 is 1.69. The monoisotopic (exact) mass is 456 g/mol. The lowest BCUT2D eigenvalue weighted by Crippen LogP contribution is -2.40. The molecule has 0 saturated carbocycles. The van der Waals surface area contributed by atoms with Crippen molar-refractivity contribution >= 4 is 17.1 Å². The number of H-pyrrole nitrogens is 1. The number of hydrogen-bond acceptors (Lipinski definition) is 5. The molecule has 2 aromatic carbocycles. The van der Waals surface area contributed by atoms with Crippen LogP contribution in [0.4, 0.5) is 0 Å². The summed E-state index contributed by atoms with van der Waals surface area (Å²) in [6.45, 7) is 7.76. The highest BCUT2D eigenvalue weighted by molar-refractivity contribution is 5.95. The van der Waals surface area contributed by atoms with Crippen molar-refractivity contribution in [3.63, 3.8) is 0 Å². The fourth-order valence-corrected chi connectivity index (χ4v) is 4.68. The topological polar surface area (TPSA) is 96.8 Å². The van der Waals surface area contributed by atoms with Crippen LogP contribution in [0.5, 0.6) is 0 Å². The second-order valence-electron chi connectivity index (χ2n) is 9.21. The van der Waals surface area contributed by atoms with Crippen LogP contribution < -0.4 is 5.56 Å². The molecule has 1 N–H and O–H groups in total. The molecule has 1 saturated heterocycles. The Balaban J connectivity index is 1.45. The van der Waals surface area contributed by atoms with Gasteiger partial charge in [-0.3, -0.25) is 9.59 Å². The van der Waals surface area contributed by atoms with Crippen molar-refractivity contribution in [2.24, 2.45) is 0 Å². The van der Waals surface area contributed by atoms with E-state index in [-0.39, 0.29) is 22.9 Å². The third-order valence-corrected chi connectivity index (χ3v) is 6.69. The summed E-state index contributed by atoms with van der Waals surface area (Å²) in [7, 11) is 0. The zero-order chi connectivity index (χ0) is 23.8.